The molecular formula is C14H18ClF3N2O. The second kappa shape index (κ2) is 7.02. The number of halogens is 4. The minimum Gasteiger partial charge on any atom is -0.399 e. The van der Waals surface area contributed by atoms with Crippen LogP contribution in [-0.4, -0.2) is 18.1 Å². The molecule has 1 aromatic rings. The van der Waals surface area contributed by atoms with Crippen LogP contribution in [0, 0.1) is 5.92 Å². The number of nitrogens with one attached hydrogen (secondary N) is 1. The van der Waals surface area contributed by atoms with Crippen LogP contribution in [0.15, 0.2) is 24.3 Å². The SMILES string of the molecule is Cl.Nc1cccc(C(=O)NC2CCCC(C(F)(F)F)C2)c1. The molecule has 1 fully saturated rings. The summed E-state index contributed by atoms with van der Waals surface area (Å²) in [6.45, 7) is 0. The van der Waals surface area contributed by atoms with Crippen molar-refractivity contribution in [2.24, 2.45) is 5.92 Å². The number of hydrogen-bond acceptors (Lipinski definition) is 2. The van der Waals surface area contributed by atoms with E-state index in [4.69, 9.17) is 5.73 Å². The number of nitrogen functional groups attached to an aromatic ring is 1. The molecule has 2 unspecified atom stereocenters. The minimum absolute atomic E-state index is 0. The zero-order valence-electron chi connectivity index (χ0n) is 11.3. The third kappa shape index (κ3) is 4.81. The number of anilines is 1. The van der Waals surface area contributed by atoms with E-state index in [-0.39, 0.29) is 31.2 Å². The van der Waals surface area contributed by atoms with Gasteiger partial charge in [0.05, 0.1) is 5.92 Å². The molecular weight excluding hydrogens is 305 g/mol. The lowest BCUT2D eigenvalue weighted by molar-refractivity contribution is -0.183. The Labute approximate surface area is 127 Å². The van der Waals surface area contributed by atoms with E-state index >= 15 is 0 Å². The molecule has 1 amide bonds. The first-order valence-electron chi connectivity index (χ1n) is 6.59. The van der Waals surface area contributed by atoms with Crippen LogP contribution >= 0.6 is 12.4 Å². The predicted molar refractivity (Wildman–Crippen MR) is 77.4 cm³/mol. The summed E-state index contributed by atoms with van der Waals surface area (Å²) in [4.78, 5) is 12.0. The third-order valence-corrected chi connectivity index (χ3v) is 3.62. The zero-order valence-corrected chi connectivity index (χ0v) is 12.1. The fraction of sp³-hybridized carbons (Fsp3) is 0.500. The van der Waals surface area contributed by atoms with Gasteiger partial charge >= 0.3 is 6.18 Å². The van der Waals surface area contributed by atoms with E-state index in [1.807, 2.05) is 0 Å². The molecule has 1 aliphatic carbocycles. The van der Waals surface area contributed by atoms with E-state index < -0.39 is 18.1 Å². The molecule has 0 bridgehead atoms. The van der Waals surface area contributed by atoms with Gasteiger partial charge in [-0.2, -0.15) is 13.2 Å². The van der Waals surface area contributed by atoms with Gasteiger partial charge in [0.15, 0.2) is 0 Å². The summed E-state index contributed by atoms with van der Waals surface area (Å²) in [6, 6.07) is 5.97. The van der Waals surface area contributed by atoms with Crippen LogP contribution in [0.5, 0.6) is 0 Å². The number of hydrogen-bond donors (Lipinski definition) is 2. The Morgan fingerprint density at radius 2 is 2.00 bits per heavy atom. The van der Waals surface area contributed by atoms with Crippen LogP contribution in [0.2, 0.25) is 0 Å². The van der Waals surface area contributed by atoms with Gasteiger partial charge in [-0.1, -0.05) is 12.5 Å². The number of alkyl halides is 3. The van der Waals surface area contributed by atoms with Gasteiger partial charge in [-0.05, 0) is 37.5 Å². The van der Waals surface area contributed by atoms with Gasteiger partial charge in [0.25, 0.3) is 5.91 Å². The highest BCUT2D eigenvalue weighted by molar-refractivity contribution is 5.95. The molecule has 0 aromatic heterocycles. The van der Waals surface area contributed by atoms with Gasteiger partial charge in [0.1, 0.15) is 0 Å². The number of rotatable bonds is 2. The molecule has 3 N–H and O–H groups in total. The van der Waals surface area contributed by atoms with E-state index in [9.17, 15) is 18.0 Å². The maximum absolute atomic E-state index is 12.7. The van der Waals surface area contributed by atoms with E-state index in [1.165, 1.54) is 6.07 Å². The third-order valence-electron chi connectivity index (χ3n) is 3.62. The van der Waals surface area contributed by atoms with Gasteiger partial charge in [0.2, 0.25) is 0 Å². The van der Waals surface area contributed by atoms with Crippen LogP contribution in [0.1, 0.15) is 36.0 Å². The van der Waals surface area contributed by atoms with Crippen molar-refractivity contribution in [3.8, 4) is 0 Å². The number of nitrogens with two attached hydrogens (primary N) is 1. The summed E-state index contributed by atoms with van der Waals surface area (Å²) in [5, 5.41) is 2.67. The Hall–Kier alpha value is -1.43. The smallest absolute Gasteiger partial charge is 0.391 e. The molecule has 118 valence electrons. The normalized spacial score (nSPS) is 22.2. The molecule has 0 radical (unpaired) electrons. The predicted octanol–water partition coefficient (Wildman–Crippen LogP) is 3.54. The molecule has 0 saturated heterocycles. The van der Waals surface area contributed by atoms with Crippen molar-refractivity contribution >= 4 is 24.0 Å². The summed E-state index contributed by atoms with van der Waals surface area (Å²) < 4.78 is 38.1. The lowest BCUT2D eigenvalue weighted by Gasteiger charge is -2.31. The van der Waals surface area contributed by atoms with Crippen molar-refractivity contribution in [1.29, 1.82) is 0 Å². The molecule has 21 heavy (non-hydrogen) atoms. The first kappa shape index (κ1) is 17.6. The van der Waals surface area contributed by atoms with Crippen molar-refractivity contribution in [1.82, 2.24) is 5.32 Å². The maximum Gasteiger partial charge on any atom is 0.391 e. The van der Waals surface area contributed by atoms with Crippen molar-refractivity contribution < 1.29 is 18.0 Å². The Kier molecular flexibility index (Phi) is 5.89. The quantitative estimate of drug-likeness (QED) is 0.818. The monoisotopic (exact) mass is 322 g/mol. The summed E-state index contributed by atoms with van der Waals surface area (Å²) >= 11 is 0. The highest BCUT2D eigenvalue weighted by Crippen LogP contribution is 2.37. The van der Waals surface area contributed by atoms with Crippen molar-refractivity contribution in [3.63, 3.8) is 0 Å². The molecule has 1 aromatic carbocycles. The number of carbonyl (C=O) groups is 1. The van der Waals surface area contributed by atoms with Crippen molar-refractivity contribution in [2.75, 3.05) is 5.73 Å². The molecule has 0 spiro atoms. The molecule has 2 rings (SSSR count). The molecule has 3 nitrogen and oxygen atoms in total. The maximum atomic E-state index is 12.7. The largest absolute Gasteiger partial charge is 0.399 e. The summed E-state index contributed by atoms with van der Waals surface area (Å²) in [5.41, 5.74) is 6.41. The molecule has 1 aliphatic rings. The minimum atomic E-state index is -4.18. The summed E-state index contributed by atoms with van der Waals surface area (Å²) in [7, 11) is 0. The summed E-state index contributed by atoms with van der Waals surface area (Å²) in [5.74, 6) is -1.69. The van der Waals surface area contributed by atoms with Crippen LogP contribution < -0.4 is 11.1 Å². The van der Waals surface area contributed by atoms with Gasteiger partial charge in [-0.3, -0.25) is 4.79 Å². The van der Waals surface area contributed by atoms with Crippen LogP contribution in [0.4, 0.5) is 18.9 Å². The number of carbonyl (C=O) groups excluding carboxylic acids is 1. The second-order valence-electron chi connectivity index (χ2n) is 5.20. The van der Waals surface area contributed by atoms with Gasteiger partial charge in [0, 0.05) is 17.3 Å². The highest BCUT2D eigenvalue weighted by Gasteiger charge is 2.42. The Bertz CT molecular complexity index is 493. The molecule has 7 heteroatoms. The first-order chi connectivity index (χ1) is 9.36. The number of benzene rings is 1. The molecule has 1 saturated carbocycles. The zero-order chi connectivity index (χ0) is 14.8. The highest BCUT2D eigenvalue weighted by atomic mass is 35.5. The fourth-order valence-electron chi connectivity index (χ4n) is 2.57. The Morgan fingerprint density at radius 1 is 1.29 bits per heavy atom. The fourth-order valence-corrected chi connectivity index (χ4v) is 2.57. The lowest BCUT2D eigenvalue weighted by Crippen LogP contribution is -2.41. The van der Waals surface area contributed by atoms with Gasteiger partial charge < -0.3 is 11.1 Å². The van der Waals surface area contributed by atoms with Gasteiger partial charge in [-0.15, -0.1) is 12.4 Å². The average molecular weight is 323 g/mol. The Morgan fingerprint density at radius 3 is 2.62 bits per heavy atom. The van der Waals surface area contributed by atoms with Crippen molar-refractivity contribution in [3.05, 3.63) is 29.8 Å². The number of amides is 1. The molecule has 2 atom stereocenters. The van der Waals surface area contributed by atoms with Crippen molar-refractivity contribution in [2.45, 2.75) is 37.9 Å². The first-order valence-corrected chi connectivity index (χ1v) is 6.59. The average Bonchev–Trinajstić information content (AvgIpc) is 2.38. The van der Waals surface area contributed by atoms with E-state index in [1.54, 1.807) is 18.2 Å². The molecule has 0 aliphatic heterocycles. The lowest BCUT2D eigenvalue weighted by atomic mass is 9.85. The van der Waals surface area contributed by atoms with Crippen LogP contribution in [-0.2, 0) is 0 Å². The second-order valence-corrected chi connectivity index (χ2v) is 5.20. The van der Waals surface area contributed by atoms with E-state index in [0.717, 1.165) is 0 Å². The summed E-state index contributed by atoms with van der Waals surface area (Å²) in [6.07, 6.45) is -3.01. The topological polar surface area (TPSA) is 55.1 Å². The molecule has 0 heterocycles. The van der Waals surface area contributed by atoms with Crippen LogP contribution in [0.3, 0.4) is 0 Å². The van der Waals surface area contributed by atoms with E-state index in [0.29, 0.717) is 24.1 Å². The van der Waals surface area contributed by atoms with Gasteiger partial charge in [-0.25, -0.2) is 0 Å². The van der Waals surface area contributed by atoms with E-state index in [2.05, 4.69) is 5.32 Å². The van der Waals surface area contributed by atoms with Crippen LogP contribution in [0.25, 0.3) is 0 Å². The standard InChI is InChI=1S/C14H17F3N2O.ClH/c15-14(16,17)10-4-2-6-12(8-10)19-13(20)9-3-1-5-11(18)7-9;/h1,3,5,7,10,12H,2,4,6,8,18H2,(H,19,20);1H. The Balaban J connectivity index is 0.00000220.